The predicted molar refractivity (Wildman–Crippen MR) is 128 cm³/mol. The Bertz CT molecular complexity index is 1270. The van der Waals surface area contributed by atoms with Crippen LogP contribution in [0.15, 0.2) is 94.0 Å². The van der Waals surface area contributed by atoms with Gasteiger partial charge in [-0.25, -0.2) is 0 Å². The molecule has 0 radical (unpaired) electrons. The highest BCUT2D eigenvalue weighted by atomic mass is 32.2. The van der Waals surface area contributed by atoms with Crippen molar-refractivity contribution in [2.45, 2.75) is 11.8 Å². The van der Waals surface area contributed by atoms with Gasteiger partial charge in [0.2, 0.25) is 0 Å². The van der Waals surface area contributed by atoms with E-state index in [0.29, 0.717) is 17.2 Å². The Morgan fingerprint density at radius 3 is 1.88 bits per heavy atom. The van der Waals surface area contributed by atoms with E-state index in [0.717, 1.165) is 12.1 Å². The summed E-state index contributed by atoms with van der Waals surface area (Å²) in [7, 11) is -5.44. The summed E-state index contributed by atoms with van der Waals surface area (Å²) in [6.07, 6.45) is 0. The quantitative estimate of drug-likeness (QED) is 0.180. The van der Waals surface area contributed by atoms with Gasteiger partial charge in [-0.3, -0.25) is 10.1 Å². The molecular weight excluding hydrogens is 445 g/mol. The standard InChI is InChI=1S/C23H22N3O4PS/c1-3-25(2)18-19-31(21-10-6-4-7-11-21,22-12-8-5-9-13-22)24-32(29,30)23-16-14-20(15-17-23)26(27)28/h4-17H,3H2,1-2H3. The molecule has 0 N–H and O–H groups in total. The lowest BCUT2D eigenvalue weighted by molar-refractivity contribution is -0.384. The zero-order valence-corrected chi connectivity index (χ0v) is 19.3. The molecule has 3 aromatic carbocycles. The monoisotopic (exact) mass is 467 g/mol. The summed E-state index contributed by atoms with van der Waals surface area (Å²) in [4.78, 5) is 12.0. The number of nitro groups is 1. The Balaban J connectivity index is 2.35. The van der Waals surface area contributed by atoms with Crippen LogP contribution in [0.1, 0.15) is 6.92 Å². The van der Waals surface area contributed by atoms with E-state index in [1.165, 1.54) is 12.1 Å². The number of benzene rings is 3. The molecule has 0 aliphatic carbocycles. The maximum Gasteiger partial charge on any atom is 0.282 e. The van der Waals surface area contributed by atoms with E-state index < -0.39 is 22.0 Å². The zero-order valence-electron chi connectivity index (χ0n) is 17.6. The van der Waals surface area contributed by atoms with Crippen LogP contribution >= 0.6 is 7.05 Å². The van der Waals surface area contributed by atoms with Crippen LogP contribution in [-0.4, -0.2) is 31.8 Å². The second-order valence-electron chi connectivity index (χ2n) is 6.85. The predicted octanol–water partition coefficient (Wildman–Crippen LogP) is 4.01. The van der Waals surface area contributed by atoms with Gasteiger partial charge in [0.15, 0.2) is 0 Å². The Kier molecular flexibility index (Phi) is 7.14. The molecule has 164 valence electrons. The lowest BCUT2D eigenvalue weighted by atomic mass is 10.3. The third-order valence-electron chi connectivity index (χ3n) is 4.71. The Hall–Kier alpha value is -3.40. The molecule has 0 amide bonds. The van der Waals surface area contributed by atoms with Crippen molar-refractivity contribution in [3.05, 3.63) is 95.0 Å². The molecule has 0 bridgehead atoms. The van der Waals surface area contributed by atoms with Crippen molar-refractivity contribution in [1.82, 2.24) is 4.90 Å². The minimum atomic E-state index is -4.18. The second-order valence-corrected chi connectivity index (χ2v) is 11.5. The van der Waals surface area contributed by atoms with Gasteiger partial charge in [-0.15, -0.1) is 0 Å². The first-order chi connectivity index (χ1) is 15.3. The van der Waals surface area contributed by atoms with E-state index in [-0.39, 0.29) is 10.6 Å². The molecule has 9 heteroatoms. The van der Waals surface area contributed by atoms with Crippen molar-refractivity contribution in [1.29, 1.82) is 0 Å². The fourth-order valence-electron chi connectivity index (χ4n) is 2.87. The van der Waals surface area contributed by atoms with Crippen molar-refractivity contribution in [3.8, 4) is 11.7 Å². The van der Waals surface area contributed by atoms with Crippen molar-refractivity contribution in [3.63, 3.8) is 0 Å². The van der Waals surface area contributed by atoms with Gasteiger partial charge >= 0.3 is 0 Å². The highest BCUT2D eigenvalue weighted by Gasteiger charge is 2.28. The molecule has 7 nitrogen and oxygen atoms in total. The van der Waals surface area contributed by atoms with E-state index in [9.17, 15) is 18.5 Å². The van der Waals surface area contributed by atoms with E-state index in [1.807, 2.05) is 74.6 Å². The summed E-state index contributed by atoms with van der Waals surface area (Å²) >= 11 is 0. The van der Waals surface area contributed by atoms with E-state index in [1.54, 1.807) is 4.90 Å². The molecule has 0 unspecified atom stereocenters. The van der Waals surface area contributed by atoms with Crippen molar-refractivity contribution >= 4 is 33.4 Å². The van der Waals surface area contributed by atoms with Crippen LogP contribution in [0.5, 0.6) is 0 Å². The topological polar surface area (TPSA) is 92.9 Å². The first-order valence-electron chi connectivity index (χ1n) is 9.77. The summed E-state index contributed by atoms with van der Waals surface area (Å²) in [5.41, 5.74) is 3.01. The molecule has 32 heavy (non-hydrogen) atoms. The molecule has 0 heterocycles. The number of hydrogen-bond acceptors (Lipinski definition) is 5. The van der Waals surface area contributed by atoms with Crippen LogP contribution in [0.2, 0.25) is 0 Å². The van der Waals surface area contributed by atoms with Gasteiger partial charge < -0.3 is 4.90 Å². The molecule has 0 aliphatic heterocycles. The third-order valence-corrected chi connectivity index (χ3v) is 9.93. The van der Waals surface area contributed by atoms with Crippen LogP contribution in [-0.2, 0) is 10.0 Å². The number of hydrogen-bond donors (Lipinski definition) is 0. The number of rotatable bonds is 6. The first-order valence-corrected chi connectivity index (χ1v) is 12.9. The molecule has 0 atom stereocenters. The van der Waals surface area contributed by atoms with E-state index >= 15 is 0 Å². The molecule has 0 spiro atoms. The smallest absolute Gasteiger partial charge is 0.282 e. The summed E-state index contributed by atoms with van der Waals surface area (Å²) in [5, 5.41) is 12.4. The number of non-ortho nitro benzene ring substituents is 1. The minimum absolute atomic E-state index is 0.120. The van der Waals surface area contributed by atoms with Crippen LogP contribution in [0.25, 0.3) is 0 Å². The summed E-state index contributed by atoms with van der Waals surface area (Å²) in [6, 6.07) is 26.1. The molecule has 3 aromatic rings. The fourth-order valence-corrected chi connectivity index (χ4v) is 8.01. The molecule has 0 saturated heterocycles. The maximum absolute atomic E-state index is 13.4. The van der Waals surface area contributed by atoms with E-state index in [2.05, 4.69) is 15.9 Å². The van der Waals surface area contributed by atoms with E-state index in [4.69, 9.17) is 0 Å². The van der Waals surface area contributed by atoms with Gasteiger partial charge in [-0.2, -0.15) is 12.6 Å². The van der Waals surface area contributed by atoms with Crippen molar-refractivity contribution in [2.24, 2.45) is 4.15 Å². The summed E-state index contributed by atoms with van der Waals surface area (Å²) in [5.74, 6) is 0. The molecule has 0 aromatic heterocycles. The molecule has 0 aliphatic rings. The zero-order chi connectivity index (χ0) is 23.2. The van der Waals surface area contributed by atoms with Crippen LogP contribution in [0, 0.1) is 21.8 Å². The van der Waals surface area contributed by atoms with Crippen LogP contribution < -0.4 is 10.6 Å². The highest BCUT2D eigenvalue weighted by Crippen LogP contribution is 2.48. The second kappa shape index (κ2) is 9.82. The van der Waals surface area contributed by atoms with Gasteiger partial charge in [-0.05, 0) is 24.7 Å². The largest absolute Gasteiger partial charge is 0.336 e. The Labute approximate surface area is 188 Å². The number of nitrogens with zero attached hydrogens (tertiary/aromatic N) is 3. The molecular formula is C23H22N3O4PS. The maximum atomic E-state index is 13.4. The number of sulfonamides is 1. The van der Waals surface area contributed by atoms with Crippen molar-refractivity contribution < 1.29 is 13.3 Å². The average Bonchev–Trinajstić information content (AvgIpc) is 2.82. The summed E-state index contributed by atoms with van der Waals surface area (Å²) in [6.45, 7) is 2.61. The van der Waals surface area contributed by atoms with Gasteiger partial charge in [-0.1, -0.05) is 60.7 Å². The lowest BCUT2D eigenvalue weighted by Gasteiger charge is -2.20. The van der Waals surface area contributed by atoms with Crippen LogP contribution in [0.4, 0.5) is 5.69 Å². The molecule has 0 fully saturated rings. The Morgan fingerprint density at radius 1 is 0.938 bits per heavy atom. The average molecular weight is 467 g/mol. The van der Waals surface area contributed by atoms with Gasteiger partial charge in [0.1, 0.15) is 7.05 Å². The van der Waals surface area contributed by atoms with Crippen molar-refractivity contribution in [2.75, 3.05) is 13.6 Å². The normalized spacial score (nSPS) is 11.2. The summed E-state index contributed by atoms with van der Waals surface area (Å²) < 4.78 is 31.2. The van der Waals surface area contributed by atoms with Gasteiger partial charge in [0, 0.05) is 42.4 Å². The minimum Gasteiger partial charge on any atom is -0.336 e. The van der Waals surface area contributed by atoms with Gasteiger partial charge in [0.25, 0.3) is 15.7 Å². The molecule has 0 saturated carbocycles. The first kappa shape index (κ1) is 23.3. The fraction of sp³-hybridized carbons (Fsp3) is 0.130. The molecule has 3 rings (SSSR count). The Morgan fingerprint density at radius 2 is 1.44 bits per heavy atom. The SMILES string of the molecule is CCN(C)C#CP(=NS(=O)(=O)c1ccc([N+](=O)[O-])cc1)(c1ccccc1)c1ccccc1. The van der Waals surface area contributed by atoms with Gasteiger partial charge in [0.05, 0.1) is 9.82 Å². The highest BCUT2D eigenvalue weighted by molar-refractivity contribution is 7.98. The van der Waals surface area contributed by atoms with Crippen LogP contribution in [0.3, 0.4) is 0 Å². The lowest BCUT2D eigenvalue weighted by Crippen LogP contribution is -2.18. The number of nitro benzene ring substituents is 1. The third kappa shape index (κ3) is 5.08.